The number of benzene rings is 1. The first-order valence-electron chi connectivity index (χ1n) is 6.68. The SMILES string of the molecule is CC1CCOC1C(=O)NCc1ccc(/C(N)=N/O)cc1F. The van der Waals surface area contributed by atoms with Gasteiger partial charge in [0, 0.05) is 24.3 Å². The van der Waals surface area contributed by atoms with Gasteiger partial charge in [-0.05, 0) is 18.4 Å². The molecule has 2 rings (SSSR count). The maximum Gasteiger partial charge on any atom is 0.249 e. The Balaban J connectivity index is 1.99. The molecule has 1 saturated heterocycles. The van der Waals surface area contributed by atoms with E-state index in [0.717, 1.165) is 12.5 Å². The number of halogens is 1. The fourth-order valence-electron chi connectivity index (χ4n) is 2.22. The Morgan fingerprint density at radius 1 is 1.62 bits per heavy atom. The molecule has 0 aromatic heterocycles. The lowest BCUT2D eigenvalue weighted by Gasteiger charge is -2.14. The van der Waals surface area contributed by atoms with Crippen LogP contribution in [0, 0.1) is 11.7 Å². The maximum absolute atomic E-state index is 13.9. The van der Waals surface area contributed by atoms with Crippen LogP contribution in [0.4, 0.5) is 4.39 Å². The van der Waals surface area contributed by atoms with Crippen LogP contribution < -0.4 is 11.1 Å². The molecule has 2 unspecified atom stereocenters. The molecule has 1 aromatic rings. The Hall–Kier alpha value is -2.15. The summed E-state index contributed by atoms with van der Waals surface area (Å²) >= 11 is 0. The van der Waals surface area contributed by atoms with Crippen molar-refractivity contribution < 1.29 is 19.1 Å². The van der Waals surface area contributed by atoms with Gasteiger partial charge in [-0.15, -0.1) is 0 Å². The first-order chi connectivity index (χ1) is 10.0. The quantitative estimate of drug-likeness (QED) is 0.333. The summed E-state index contributed by atoms with van der Waals surface area (Å²) in [5.74, 6) is -0.768. The lowest BCUT2D eigenvalue weighted by atomic mass is 10.0. The van der Waals surface area contributed by atoms with E-state index in [0.29, 0.717) is 12.2 Å². The summed E-state index contributed by atoms with van der Waals surface area (Å²) in [7, 11) is 0. The normalized spacial score (nSPS) is 22.3. The van der Waals surface area contributed by atoms with Crippen molar-refractivity contribution in [2.45, 2.75) is 26.0 Å². The van der Waals surface area contributed by atoms with Crippen molar-refractivity contribution >= 4 is 11.7 Å². The van der Waals surface area contributed by atoms with Crippen molar-refractivity contribution in [2.75, 3.05) is 6.61 Å². The summed E-state index contributed by atoms with van der Waals surface area (Å²) < 4.78 is 19.2. The predicted molar refractivity (Wildman–Crippen MR) is 74.3 cm³/mol. The number of nitrogens with zero attached hydrogens (tertiary/aromatic N) is 1. The van der Waals surface area contributed by atoms with E-state index in [9.17, 15) is 9.18 Å². The number of oxime groups is 1. The van der Waals surface area contributed by atoms with E-state index in [1.165, 1.54) is 12.1 Å². The summed E-state index contributed by atoms with van der Waals surface area (Å²) in [5, 5.41) is 14.0. The van der Waals surface area contributed by atoms with E-state index in [-0.39, 0.29) is 29.8 Å². The first kappa shape index (κ1) is 15.2. The molecule has 7 heteroatoms. The molecule has 0 spiro atoms. The molecule has 0 saturated carbocycles. The minimum absolute atomic E-state index is 0.0632. The molecule has 0 radical (unpaired) electrons. The van der Waals surface area contributed by atoms with Crippen LogP contribution in [0.25, 0.3) is 0 Å². The third-order valence-electron chi connectivity index (χ3n) is 3.56. The highest BCUT2D eigenvalue weighted by atomic mass is 19.1. The van der Waals surface area contributed by atoms with E-state index >= 15 is 0 Å². The fraction of sp³-hybridized carbons (Fsp3) is 0.429. The number of amidine groups is 1. The molecule has 6 nitrogen and oxygen atoms in total. The van der Waals surface area contributed by atoms with Gasteiger partial charge in [-0.2, -0.15) is 0 Å². The van der Waals surface area contributed by atoms with E-state index in [2.05, 4.69) is 10.5 Å². The standard InChI is InChI=1S/C14H18FN3O3/c1-8-4-5-21-12(8)14(19)17-7-10-3-2-9(6-11(10)15)13(16)18-20/h2-3,6,8,12,20H,4-5,7H2,1H3,(H2,16,18)(H,17,19). The average molecular weight is 295 g/mol. The van der Waals surface area contributed by atoms with Crippen molar-refractivity contribution in [1.29, 1.82) is 0 Å². The van der Waals surface area contributed by atoms with Gasteiger partial charge in [0.25, 0.3) is 0 Å². The molecule has 1 aromatic carbocycles. The highest BCUT2D eigenvalue weighted by Crippen LogP contribution is 2.20. The minimum Gasteiger partial charge on any atom is -0.409 e. The third kappa shape index (κ3) is 3.49. The first-order valence-corrected chi connectivity index (χ1v) is 6.68. The summed E-state index contributed by atoms with van der Waals surface area (Å²) in [4.78, 5) is 11.9. The van der Waals surface area contributed by atoms with Crippen LogP contribution in [-0.4, -0.2) is 29.7 Å². The van der Waals surface area contributed by atoms with Crippen LogP contribution in [0.15, 0.2) is 23.4 Å². The summed E-state index contributed by atoms with van der Waals surface area (Å²) in [6.07, 6.45) is 0.380. The number of carbonyl (C=O) groups is 1. The lowest BCUT2D eigenvalue weighted by molar-refractivity contribution is -0.131. The molecule has 1 aliphatic rings. The van der Waals surface area contributed by atoms with Gasteiger partial charge in [0.1, 0.15) is 11.9 Å². The van der Waals surface area contributed by atoms with Crippen LogP contribution in [-0.2, 0) is 16.1 Å². The molecular weight excluding hydrogens is 277 g/mol. The Kier molecular flexibility index (Phi) is 4.74. The number of hydrogen-bond donors (Lipinski definition) is 3. The van der Waals surface area contributed by atoms with Crippen molar-refractivity contribution in [3.05, 3.63) is 35.1 Å². The molecule has 0 aliphatic carbocycles. The van der Waals surface area contributed by atoms with E-state index in [4.69, 9.17) is 15.7 Å². The number of hydrogen-bond acceptors (Lipinski definition) is 4. The average Bonchev–Trinajstić information content (AvgIpc) is 2.91. The number of nitrogens with one attached hydrogen (secondary N) is 1. The lowest BCUT2D eigenvalue weighted by Crippen LogP contribution is -2.37. The Morgan fingerprint density at radius 3 is 2.95 bits per heavy atom. The molecule has 4 N–H and O–H groups in total. The van der Waals surface area contributed by atoms with Crippen LogP contribution in [0.3, 0.4) is 0 Å². The van der Waals surface area contributed by atoms with Crippen LogP contribution in [0.2, 0.25) is 0 Å². The van der Waals surface area contributed by atoms with Crippen molar-refractivity contribution in [1.82, 2.24) is 5.32 Å². The van der Waals surface area contributed by atoms with Gasteiger partial charge < -0.3 is 21.0 Å². The van der Waals surface area contributed by atoms with Gasteiger partial charge in [-0.3, -0.25) is 4.79 Å². The molecule has 0 bridgehead atoms. The smallest absolute Gasteiger partial charge is 0.249 e. The van der Waals surface area contributed by atoms with Crippen molar-refractivity contribution in [3.63, 3.8) is 0 Å². The fourth-order valence-corrected chi connectivity index (χ4v) is 2.22. The maximum atomic E-state index is 13.9. The number of amides is 1. The summed E-state index contributed by atoms with van der Waals surface area (Å²) in [6, 6.07) is 4.17. The number of nitrogens with two attached hydrogens (primary N) is 1. The molecule has 114 valence electrons. The van der Waals surface area contributed by atoms with Crippen molar-refractivity contribution in [2.24, 2.45) is 16.8 Å². The third-order valence-corrected chi connectivity index (χ3v) is 3.56. The van der Waals surface area contributed by atoms with Crippen molar-refractivity contribution in [3.8, 4) is 0 Å². The summed E-state index contributed by atoms with van der Waals surface area (Å²) in [5.41, 5.74) is 5.98. The molecule has 1 aliphatic heterocycles. The number of rotatable bonds is 4. The van der Waals surface area contributed by atoms with Gasteiger partial charge in [0.2, 0.25) is 5.91 Å². The molecular formula is C14H18FN3O3. The van der Waals surface area contributed by atoms with Gasteiger partial charge in [0.05, 0.1) is 0 Å². The Labute approximate surface area is 121 Å². The monoisotopic (exact) mass is 295 g/mol. The molecule has 21 heavy (non-hydrogen) atoms. The largest absolute Gasteiger partial charge is 0.409 e. The minimum atomic E-state index is -0.528. The van der Waals surface area contributed by atoms with E-state index in [1.807, 2.05) is 6.92 Å². The van der Waals surface area contributed by atoms with Crippen LogP contribution >= 0.6 is 0 Å². The van der Waals surface area contributed by atoms with Gasteiger partial charge >= 0.3 is 0 Å². The molecule has 1 fully saturated rings. The van der Waals surface area contributed by atoms with E-state index in [1.54, 1.807) is 0 Å². The number of carbonyl (C=O) groups excluding carboxylic acids is 1. The molecule has 1 heterocycles. The van der Waals surface area contributed by atoms with Crippen LogP contribution in [0.1, 0.15) is 24.5 Å². The second kappa shape index (κ2) is 6.53. The van der Waals surface area contributed by atoms with Gasteiger partial charge in [0.15, 0.2) is 5.84 Å². The zero-order valence-corrected chi connectivity index (χ0v) is 11.7. The highest BCUT2D eigenvalue weighted by Gasteiger charge is 2.30. The molecule has 2 atom stereocenters. The van der Waals surface area contributed by atoms with Gasteiger partial charge in [-0.25, -0.2) is 4.39 Å². The van der Waals surface area contributed by atoms with Crippen LogP contribution in [0.5, 0.6) is 0 Å². The number of ether oxygens (including phenoxy) is 1. The second-order valence-electron chi connectivity index (χ2n) is 5.07. The van der Waals surface area contributed by atoms with Gasteiger partial charge in [-0.1, -0.05) is 24.2 Å². The second-order valence-corrected chi connectivity index (χ2v) is 5.07. The topological polar surface area (TPSA) is 96.9 Å². The molecule has 1 amide bonds. The Morgan fingerprint density at radius 2 is 2.38 bits per heavy atom. The Bertz CT molecular complexity index is 562. The predicted octanol–water partition coefficient (Wildman–Crippen LogP) is 0.961. The van der Waals surface area contributed by atoms with E-state index < -0.39 is 11.9 Å². The highest BCUT2D eigenvalue weighted by molar-refractivity contribution is 5.97. The zero-order chi connectivity index (χ0) is 15.4. The summed E-state index contributed by atoms with van der Waals surface area (Å²) in [6.45, 7) is 2.58. The zero-order valence-electron chi connectivity index (χ0n) is 11.7.